The van der Waals surface area contributed by atoms with Crippen molar-refractivity contribution in [2.45, 2.75) is 24.8 Å². The van der Waals surface area contributed by atoms with E-state index in [0.29, 0.717) is 12.8 Å². The van der Waals surface area contributed by atoms with Gasteiger partial charge in [0.05, 0.1) is 0 Å². The van der Waals surface area contributed by atoms with Gasteiger partial charge in [-0.3, -0.25) is 4.79 Å². The first-order valence-electron chi connectivity index (χ1n) is 5.93. The average molecular weight is 231 g/mol. The molecule has 3 nitrogen and oxygen atoms in total. The summed E-state index contributed by atoms with van der Waals surface area (Å²) in [6.07, 6.45) is 6.11. The number of carboxylic acids is 1. The second kappa shape index (κ2) is 5.15. The lowest BCUT2D eigenvalue weighted by atomic mass is 9.93. The maximum atomic E-state index is 11.3. The zero-order valence-corrected chi connectivity index (χ0v) is 9.73. The second-order valence-corrected chi connectivity index (χ2v) is 4.43. The van der Waals surface area contributed by atoms with E-state index in [-0.39, 0.29) is 0 Å². The fourth-order valence-corrected chi connectivity index (χ4v) is 2.21. The molecule has 0 aliphatic carbocycles. The van der Waals surface area contributed by atoms with E-state index in [1.807, 2.05) is 42.5 Å². The van der Waals surface area contributed by atoms with Crippen molar-refractivity contribution in [1.82, 2.24) is 5.32 Å². The third-order valence-electron chi connectivity index (χ3n) is 3.23. The molecule has 1 fully saturated rings. The molecule has 17 heavy (non-hydrogen) atoms. The third kappa shape index (κ3) is 2.74. The molecule has 1 saturated heterocycles. The van der Waals surface area contributed by atoms with Gasteiger partial charge in [-0.25, -0.2) is 0 Å². The maximum Gasteiger partial charge on any atom is 0.324 e. The minimum atomic E-state index is -0.745. The van der Waals surface area contributed by atoms with Crippen molar-refractivity contribution in [3.8, 4) is 0 Å². The van der Waals surface area contributed by atoms with Crippen LogP contribution in [0, 0.1) is 0 Å². The molecule has 1 aliphatic rings. The Bertz CT molecular complexity index is 405. The van der Waals surface area contributed by atoms with Gasteiger partial charge in [-0.2, -0.15) is 0 Å². The van der Waals surface area contributed by atoms with Crippen LogP contribution in [-0.2, 0) is 4.79 Å². The molecule has 1 aliphatic heterocycles. The standard InChI is InChI=1S/C14H17NO2/c16-13(17)14(10-5-11-15-14)9-4-8-12-6-2-1-3-7-12/h1-4,6-8,15H,5,9-11H2,(H,16,17)/b8-4-/t14-/m0/s1. The highest BCUT2D eigenvalue weighted by molar-refractivity contribution is 5.79. The Hall–Kier alpha value is -1.61. The van der Waals surface area contributed by atoms with E-state index in [9.17, 15) is 9.90 Å². The monoisotopic (exact) mass is 231 g/mol. The molecule has 0 unspecified atom stereocenters. The fourth-order valence-electron chi connectivity index (χ4n) is 2.21. The zero-order chi connectivity index (χ0) is 12.1. The molecule has 2 rings (SSSR count). The van der Waals surface area contributed by atoms with Crippen molar-refractivity contribution in [2.75, 3.05) is 6.54 Å². The smallest absolute Gasteiger partial charge is 0.324 e. The van der Waals surface area contributed by atoms with E-state index >= 15 is 0 Å². The quantitative estimate of drug-likeness (QED) is 0.836. The summed E-state index contributed by atoms with van der Waals surface area (Å²) < 4.78 is 0. The van der Waals surface area contributed by atoms with Gasteiger partial charge in [-0.15, -0.1) is 0 Å². The number of nitrogens with one attached hydrogen (secondary N) is 1. The Kier molecular flexibility index (Phi) is 3.59. The molecule has 0 amide bonds. The Morgan fingerprint density at radius 2 is 2.18 bits per heavy atom. The van der Waals surface area contributed by atoms with Crippen LogP contribution in [0.15, 0.2) is 36.4 Å². The topological polar surface area (TPSA) is 49.3 Å². The van der Waals surface area contributed by atoms with Crippen LogP contribution in [0.5, 0.6) is 0 Å². The molecule has 0 spiro atoms. The molecule has 90 valence electrons. The summed E-state index contributed by atoms with van der Waals surface area (Å²) in [5.41, 5.74) is 0.358. The van der Waals surface area contributed by atoms with Gasteiger partial charge >= 0.3 is 5.97 Å². The van der Waals surface area contributed by atoms with E-state index in [1.54, 1.807) is 0 Å². The zero-order valence-electron chi connectivity index (χ0n) is 9.73. The summed E-state index contributed by atoms with van der Waals surface area (Å²) in [4.78, 5) is 11.3. The highest BCUT2D eigenvalue weighted by Gasteiger charge is 2.39. The minimum Gasteiger partial charge on any atom is -0.480 e. The lowest BCUT2D eigenvalue weighted by molar-refractivity contribution is -0.144. The summed E-state index contributed by atoms with van der Waals surface area (Å²) in [5.74, 6) is -0.743. The number of rotatable bonds is 4. The van der Waals surface area contributed by atoms with Crippen LogP contribution in [0.1, 0.15) is 24.8 Å². The summed E-state index contributed by atoms with van der Waals surface area (Å²) in [6, 6.07) is 9.92. The lowest BCUT2D eigenvalue weighted by Gasteiger charge is -2.22. The van der Waals surface area contributed by atoms with Gasteiger partial charge in [0, 0.05) is 0 Å². The van der Waals surface area contributed by atoms with Gasteiger partial charge in [0.1, 0.15) is 5.54 Å². The van der Waals surface area contributed by atoms with Crippen LogP contribution < -0.4 is 5.32 Å². The molecule has 1 heterocycles. The van der Waals surface area contributed by atoms with Crippen LogP contribution in [-0.4, -0.2) is 23.2 Å². The van der Waals surface area contributed by atoms with Gasteiger partial charge in [0.15, 0.2) is 0 Å². The molecule has 0 aromatic heterocycles. The van der Waals surface area contributed by atoms with Gasteiger partial charge in [0.25, 0.3) is 0 Å². The van der Waals surface area contributed by atoms with Crippen LogP contribution >= 0.6 is 0 Å². The maximum absolute atomic E-state index is 11.3. The summed E-state index contributed by atoms with van der Waals surface area (Å²) in [7, 11) is 0. The Morgan fingerprint density at radius 1 is 1.41 bits per heavy atom. The molecule has 1 aromatic carbocycles. The first-order valence-corrected chi connectivity index (χ1v) is 5.93. The van der Waals surface area contributed by atoms with Crippen LogP contribution in [0.25, 0.3) is 6.08 Å². The molecule has 0 radical (unpaired) electrons. The normalized spacial score (nSPS) is 24.2. The molecule has 1 atom stereocenters. The van der Waals surface area contributed by atoms with Crippen molar-refractivity contribution in [2.24, 2.45) is 0 Å². The van der Waals surface area contributed by atoms with Crippen LogP contribution in [0.4, 0.5) is 0 Å². The van der Waals surface area contributed by atoms with Crippen LogP contribution in [0.3, 0.4) is 0 Å². The molecular weight excluding hydrogens is 214 g/mol. The number of hydrogen-bond acceptors (Lipinski definition) is 2. The first-order chi connectivity index (χ1) is 8.23. The molecule has 0 saturated carbocycles. The number of benzene rings is 1. The summed E-state index contributed by atoms with van der Waals surface area (Å²) >= 11 is 0. The van der Waals surface area contributed by atoms with E-state index in [2.05, 4.69) is 5.32 Å². The average Bonchev–Trinajstić information content (AvgIpc) is 2.80. The number of hydrogen-bond donors (Lipinski definition) is 2. The SMILES string of the molecule is O=C(O)[C@]1(C/C=C\c2ccccc2)CCCN1. The predicted molar refractivity (Wildman–Crippen MR) is 67.7 cm³/mol. The highest BCUT2D eigenvalue weighted by Crippen LogP contribution is 2.24. The van der Waals surface area contributed by atoms with Crippen LogP contribution in [0.2, 0.25) is 0 Å². The van der Waals surface area contributed by atoms with Crippen molar-refractivity contribution in [3.63, 3.8) is 0 Å². The molecular formula is C14H17NO2. The number of carbonyl (C=O) groups is 1. The van der Waals surface area contributed by atoms with Gasteiger partial charge in [0.2, 0.25) is 0 Å². The van der Waals surface area contributed by atoms with E-state index < -0.39 is 11.5 Å². The largest absolute Gasteiger partial charge is 0.480 e. The van der Waals surface area contributed by atoms with Crippen molar-refractivity contribution >= 4 is 12.0 Å². The molecule has 2 N–H and O–H groups in total. The van der Waals surface area contributed by atoms with Gasteiger partial charge in [-0.05, 0) is 31.4 Å². The highest BCUT2D eigenvalue weighted by atomic mass is 16.4. The summed E-state index contributed by atoms with van der Waals surface area (Å²) in [6.45, 7) is 0.797. The third-order valence-corrected chi connectivity index (χ3v) is 3.23. The van der Waals surface area contributed by atoms with Crippen molar-refractivity contribution in [1.29, 1.82) is 0 Å². The van der Waals surface area contributed by atoms with Crippen molar-refractivity contribution in [3.05, 3.63) is 42.0 Å². The Balaban J connectivity index is 2.01. The molecule has 3 heteroatoms. The minimum absolute atomic E-state index is 0.539. The van der Waals surface area contributed by atoms with E-state index in [0.717, 1.165) is 18.5 Å². The fraction of sp³-hybridized carbons (Fsp3) is 0.357. The van der Waals surface area contributed by atoms with Crippen molar-refractivity contribution < 1.29 is 9.90 Å². The number of aliphatic carboxylic acids is 1. The van der Waals surface area contributed by atoms with E-state index in [4.69, 9.17) is 0 Å². The predicted octanol–water partition coefficient (Wildman–Crippen LogP) is 2.30. The molecule has 0 bridgehead atoms. The first kappa shape index (κ1) is 11.9. The summed E-state index contributed by atoms with van der Waals surface area (Å²) in [5, 5.41) is 12.4. The number of carboxylic acid groups (broad SMARTS) is 1. The van der Waals surface area contributed by atoms with Gasteiger partial charge < -0.3 is 10.4 Å². The molecule has 1 aromatic rings. The Morgan fingerprint density at radius 3 is 2.76 bits per heavy atom. The van der Waals surface area contributed by atoms with E-state index in [1.165, 1.54) is 0 Å². The van der Waals surface area contributed by atoms with Gasteiger partial charge in [-0.1, -0.05) is 42.5 Å². The second-order valence-electron chi connectivity index (χ2n) is 4.43. The Labute approximate surface area is 101 Å². The lowest BCUT2D eigenvalue weighted by Crippen LogP contribution is -2.47.